The lowest BCUT2D eigenvalue weighted by molar-refractivity contribution is -0.139. The fraction of sp³-hybridized carbons (Fsp3) is 0.500. The third-order valence-electron chi connectivity index (χ3n) is 3.43. The number of carbonyl (C=O) groups excluding carboxylic acids is 2. The molecule has 0 fully saturated rings. The van der Waals surface area contributed by atoms with Gasteiger partial charge >= 0.3 is 0 Å². The maximum Gasteiger partial charge on any atom is 0.242 e. The number of likely N-dealkylation sites (N-methyl/N-ethyl adjacent to an activating group) is 2. The maximum absolute atomic E-state index is 13.0. The van der Waals surface area contributed by atoms with Crippen molar-refractivity contribution < 1.29 is 14.0 Å². The molecule has 0 spiro atoms. The van der Waals surface area contributed by atoms with E-state index in [9.17, 15) is 14.0 Å². The van der Waals surface area contributed by atoms with Crippen LogP contribution in [0.4, 0.5) is 4.39 Å². The third-order valence-corrected chi connectivity index (χ3v) is 3.43. The van der Waals surface area contributed by atoms with E-state index >= 15 is 0 Å². The molecule has 0 heterocycles. The molecule has 0 bridgehead atoms. The van der Waals surface area contributed by atoms with Crippen LogP contribution in [-0.2, 0) is 16.0 Å². The van der Waals surface area contributed by atoms with Crippen LogP contribution >= 0.6 is 0 Å². The van der Waals surface area contributed by atoms with Gasteiger partial charge in [0.05, 0.1) is 6.54 Å². The lowest BCUT2D eigenvalue weighted by Crippen LogP contribution is -2.41. The topological polar surface area (TPSA) is 40.6 Å². The summed E-state index contributed by atoms with van der Waals surface area (Å²) in [6, 6.07) is 6.22. The van der Waals surface area contributed by atoms with Gasteiger partial charge in [-0.05, 0) is 38.0 Å². The van der Waals surface area contributed by atoms with Crippen molar-refractivity contribution in [1.82, 2.24) is 9.80 Å². The Bertz CT molecular complexity index is 487. The Morgan fingerprint density at radius 3 is 2.38 bits per heavy atom. The van der Waals surface area contributed by atoms with Crippen molar-refractivity contribution in [3.05, 3.63) is 35.6 Å². The first-order valence-corrected chi connectivity index (χ1v) is 7.24. The van der Waals surface area contributed by atoms with Gasteiger partial charge in [-0.15, -0.1) is 0 Å². The van der Waals surface area contributed by atoms with Gasteiger partial charge in [0.1, 0.15) is 5.82 Å². The van der Waals surface area contributed by atoms with Crippen LogP contribution in [0.2, 0.25) is 0 Å². The smallest absolute Gasteiger partial charge is 0.242 e. The lowest BCUT2D eigenvalue weighted by Gasteiger charge is -2.23. The van der Waals surface area contributed by atoms with Crippen molar-refractivity contribution >= 4 is 11.8 Å². The second-order valence-electron chi connectivity index (χ2n) is 4.95. The molecule has 4 nitrogen and oxygen atoms in total. The zero-order valence-corrected chi connectivity index (χ0v) is 12.9. The molecule has 0 N–H and O–H groups in total. The minimum Gasteiger partial charge on any atom is -0.342 e. The van der Waals surface area contributed by atoms with Gasteiger partial charge in [0.25, 0.3) is 0 Å². The van der Waals surface area contributed by atoms with Crippen molar-refractivity contribution in [2.75, 3.05) is 26.7 Å². The molecule has 0 aliphatic rings. The molecule has 0 unspecified atom stereocenters. The zero-order valence-electron chi connectivity index (χ0n) is 12.9. The van der Waals surface area contributed by atoms with Gasteiger partial charge in [0, 0.05) is 26.6 Å². The zero-order chi connectivity index (χ0) is 15.8. The number of carbonyl (C=O) groups is 2. The van der Waals surface area contributed by atoms with E-state index < -0.39 is 0 Å². The number of benzene rings is 1. The van der Waals surface area contributed by atoms with Crippen molar-refractivity contribution in [1.29, 1.82) is 0 Å². The van der Waals surface area contributed by atoms with Crippen LogP contribution in [0.3, 0.4) is 0 Å². The SMILES string of the molecule is CCN(CC)C(=O)CN(C)C(=O)CCc1cccc(F)c1. The predicted octanol–water partition coefficient (Wildman–Crippen LogP) is 2.09. The minimum atomic E-state index is -0.301. The van der Waals surface area contributed by atoms with E-state index in [1.54, 1.807) is 24.1 Å². The van der Waals surface area contributed by atoms with Crippen LogP contribution < -0.4 is 0 Å². The molecule has 0 atom stereocenters. The van der Waals surface area contributed by atoms with Gasteiger partial charge < -0.3 is 9.80 Å². The highest BCUT2D eigenvalue weighted by molar-refractivity contribution is 5.84. The van der Waals surface area contributed by atoms with E-state index in [0.717, 1.165) is 5.56 Å². The van der Waals surface area contributed by atoms with Crippen molar-refractivity contribution in [2.45, 2.75) is 26.7 Å². The van der Waals surface area contributed by atoms with Gasteiger partial charge in [-0.25, -0.2) is 4.39 Å². The summed E-state index contributed by atoms with van der Waals surface area (Å²) < 4.78 is 13.0. The van der Waals surface area contributed by atoms with Gasteiger partial charge in [0.15, 0.2) is 0 Å². The molecular weight excluding hydrogens is 271 g/mol. The first kappa shape index (κ1) is 17.1. The number of hydrogen-bond acceptors (Lipinski definition) is 2. The molecule has 1 rings (SSSR count). The number of nitrogens with zero attached hydrogens (tertiary/aromatic N) is 2. The van der Waals surface area contributed by atoms with Crippen LogP contribution in [0.25, 0.3) is 0 Å². The molecule has 2 amide bonds. The minimum absolute atomic E-state index is 0.0541. The average Bonchev–Trinajstić information content (AvgIpc) is 2.46. The Hall–Kier alpha value is -1.91. The molecular formula is C16H23FN2O2. The van der Waals surface area contributed by atoms with Crippen LogP contribution in [-0.4, -0.2) is 48.3 Å². The number of aryl methyl sites for hydroxylation is 1. The van der Waals surface area contributed by atoms with E-state index in [2.05, 4.69) is 0 Å². The van der Waals surface area contributed by atoms with Crippen molar-refractivity contribution in [3.8, 4) is 0 Å². The summed E-state index contributed by atoms with van der Waals surface area (Å²) in [6.07, 6.45) is 0.742. The monoisotopic (exact) mass is 294 g/mol. The molecule has 0 aliphatic heterocycles. The molecule has 116 valence electrons. The lowest BCUT2D eigenvalue weighted by atomic mass is 10.1. The Labute approximate surface area is 125 Å². The third kappa shape index (κ3) is 5.53. The molecule has 0 saturated carbocycles. The molecule has 0 radical (unpaired) electrons. The van der Waals surface area contributed by atoms with E-state index in [0.29, 0.717) is 19.5 Å². The first-order valence-electron chi connectivity index (χ1n) is 7.24. The summed E-state index contributed by atoms with van der Waals surface area (Å²) in [7, 11) is 1.62. The summed E-state index contributed by atoms with van der Waals surface area (Å²) in [6.45, 7) is 5.19. The number of amides is 2. The molecule has 21 heavy (non-hydrogen) atoms. The highest BCUT2D eigenvalue weighted by atomic mass is 19.1. The largest absolute Gasteiger partial charge is 0.342 e. The highest BCUT2D eigenvalue weighted by Crippen LogP contribution is 2.07. The normalized spacial score (nSPS) is 10.3. The van der Waals surface area contributed by atoms with E-state index in [4.69, 9.17) is 0 Å². The van der Waals surface area contributed by atoms with Gasteiger partial charge in [-0.3, -0.25) is 9.59 Å². The molecule has 0 aromatic heterocycles. The van der Waals surface area contributed by atoms with Gasteiger partial charge in [-0.2, -0.15) is 0 Å². The van der Waals surface area contributed by atoms with Gasteiger partial charge in [0.2, 0.25) is 11.8 Å². The summed E-state index contributed by atoms with van der Waals surface area (Å²) >= 11 is 0. The molecule has 0 saturated heterocycles. The van der Waals surface area contributed by atoms with Gasteiger partial charge in [-0.1, -0.05) is 12.1 Å². The summed E-state index contributed by atoms with van der Waals surface area (Å²) in [4.78, 5) is 27.0. The molecule has 1 aromatic rings. The van der Waals surface area contributed by atoms with E-state index in [-0.39, 0.29) is 30.6 Å². The Morgan fingerprint density at radius 2 is 1.81 bits per heavy atom. The quantitative estimate of drug-likeness (QED) is 0.772. The fourth-order valence-corrected chi connectivity index (χ4v) is 2.10. The molecule has 0 aliphatic carbocycles. The Morgan fingerprint density at radius 1 is 1.14 bits per heavy atom. The summed E-state index contributed by atoms with van der Waals surface area (Å²) in [5.74, 6) is -0.466. The second kappa shape index (κ2) is 8.39. The van der Waals surface area contributed by atoms with Crippen LogP contribution in [0.5, 0.6) is 0 Å². The van der Waals surface area contributed by atoms with Crippen molar-refractivity contribution in [3.63, 3.8) is 0 Å². The maximum atomic E-state index is 13.0. The first-order chi connectivity index (χ1) is 9.97. The second-order valence-corrected chi connectivity index (χ2v) is 4.95. The number of hydrogen-bond donors (Lipinski definition) is 0. The standard InChI is InChI=1S/C16H23FN2O2/c1-4-19(5-2)16(21)12-18(3)15(20)10-9-13-7-6-8-14(17)11-13/h6-8,11H,4-5,9-10,12H2,1-3H3. The number of halogens is 1. The number of rotatable bonds is 7. The van der Waals surface area contributed by atoms with E-state index in [1.807, 2.05) is 13.8 Å². The predicted molar refractivity (Wildman–Crippen MR) is 80.3 cm³/mol. The Balaban J connectivity index is 2.46. The summed E-state index contributed by atoms with van der Waals surface area (Å²) in [5.41, 5.74) is 0.784. The van der Waals surface area contributed by atoms with Crippen LogP contribution in [0.1, 0.15) is 25.8 Å². The van der Waals surface area contributed by atoms with Crippen LogP contribution in [0, 0.1) is 5.82 Å². The fourth-order valence-electron chi connectivity index (χ4n) is 2.10. The average molecular weight is 294 g/mol. The molecule has 1 aromatic carbocycles. The highest BCUT2D eigenvalue weighted by Gasteiger charge is 2.16. The summed E-state index contributed by atoms with van der Waals surface area (Å²) in [5, 5.41) is 0. The van der Waals surface area contributed by atoms with E-state index in [1.165, 1.54) is 17.0 Å². The Kier molecular flexibility index (Phi) is 6.85. The van der Waals surface area contributed by atoms with Crippen LogP contribution in [0.15, 0.2) is 24.3 Å². The van der Waals surface area contributed by atoms with Crippen molar-refractivity contribution in [2.24, 2.45) is 0 Å². The molecule has 5 heteroatoms.